The van der Waals surface area contributed by atoms with Crippen LogP contribution in [0.5, 0.6) is 0 Å². The van der Waals surface area contributed by atoms with Crippen molar-refractivity contribution in [2.75, 3.05) is 5.01 Å². The van der Waals surface area contributed by atoms with Crippen LogP contribution in [-0.4, -0.2) is 27.7 Å². The van der Waals surface area contributed by atoms with Crippen molar-refractivity contribution in [2.24, 2.45) is 5.10 Å². The molecule has 1 aliphatic rings. The zero-order chi connectivity index (χ0) is 20.8. The van der Waals surface area contributed by atoms with Gasteiger partial charge in [0.15, 0.2) is 0 Å². The van der Waals surface area contributed by atoms with E-state index in [9.17, 15) is 18.3 Å². The lowest BCUT2D eigenvalue weighted by atomic mass is 10.0. The van der Waals surface area contributed by atoms with Crippen LogP contribution in [0.4, 0.5) is 18.3 Å². The summed E-state index contributed by atoms with van der Waals surface area (Å²) in [4.78, 5) is 4.28. The highest BCUT2D eigenvalue weighted by Gasteiger charge is 2.62. The van der Waals surface area contributed by atoms with Gasteiger partial charge in [0, 0.05) is 16.0 Å². The summed E-state index contributed by atoms with van der Waals surface area (Å²) in [7, 11) is 0. The first kappa shape index (κ1) is 19.9. The van der Waals surface area contributed by atoms with E-state index in [-0.39, 0.29) is 10.8 Å². The normalized spacial score (nSPS) is 19.5. The van der Waals surface area contributed by atoms with Crippen molar-refractivity contribution in [3.63, 3.8) is 0 Å². The minimum atomic E-state index is -4.92. The first-order valence-corrected chi connectivity index (χ1v) is 9.88. The van der Waals surface area contributed by atoms with Crippen LogP contribution in [0.2, 0.25) is 5.02 Å². The molecule has 0 saturated carbocycles. The van der Waals surface area contributed by atoms with Gasteiger partial charge in [-0.3, -0.25) is 0 Å². The molecule has 4 nitrogen and oxygen atoms in total. The molecule has 2 aromatic carbocycles. The van der Waals surface area contributed by atoms with E-state index in [2.05, 4.69) is 10.1 Å². The molecule has 0 saturated heterocycles. The molecule has 150 valence electrons. The largest absolute Gasteiger partial charge is 0.438 e. The molecule has 0 unspecified atom stereocenters. The topological polar surface area (TPSA) is 48.7 Å². The number of benzene rings is 2. The minimum Gasteiger partial charge on any atom is -0.362 e. The molecule has 1 atom stereocenters. The molecule has 4 rings (SSSR count). The molecule has 3 aromatic rings. The van der Waals surface area contributed by atoms with Crippen molar-refractivity contribution in [1.29, 1.82) is 0 Å². The molecule has 1 aromatic heterocycles. The van der Waals surface area contributed by atoms with E-state index in [4.69, 9.17) is 11.6 Å². The van der Waals surface area contributed by atoms with E-state index >= 15 is 0 Å². The number of aryl methyl sites for hydroxylation is 1. The van der Waals surface area contributed by atoms with Crippen LogP contribution in [0, 0.1) is 6.92 Å². The predicted octanol–water partition coefficient (Wildman–Crippen LogP) is 5.64. The number of hydrazone groups is 1. The van der Waals surface area contributed by atoms with Crippen LogP contribution in [0.15, 0.2) is 59.0 Å². The number of anilines is 1. The number of nitrogens with zero attached hydrogens (tertiary/aromatic N) is 3. The number of rotatable bonds is 3. The molecule has 0 amide bonds. The lowest BCUT2D eigenvalue weighted by Gasteiger charge is -2.32. The van der Waals surface area contributed by atoms with Crippen LogP contribution in [-0.2, 0) is 0 Å². The zero-order valence-electron chi connectivity index (χ0n) is 15.1. The molecule has 2 heterocycles. The Balaban J connectivity index is 1.74. The van der Waals surface area contributed by atoms with E-state index < -0.39 is 18.3 Å². The molecule has 29 heavy (non-hydrogen) atoms. The van der Waals surface area contributed by atoms with Gasteiger partial charge in [0.05, 0.1) is 17.8 Å². The lowest BCUT2D eigenvalue weighted by Crippen LogP contribution is -2.55. The van der Waals surface area contributed by atoms with Gasteiger partial charge in [-0.25, -0.2) is 4.98 Å². The maximum absolute atomic E-state index is 13.8. The average molecular weight is 438 g/mol. The maximum Gasteiger partial charge on any atom is 0.438 e. The van der Waals surface area contributed by atoms with Gasteiger partial charge >= 0.3 is 6.18 Å². The number of hydrogen-bond donors (Lipinski definition) is 1. The first-order valence-electron chi connectivity index (χ1n) is 8.63. The summed E-state index contributed by atoms with van der Waals surface area (Å²) in [5, 5.41) is 17.4. The third kappa shape index (κ3) is 3.63. The second-order valence-corrected chi connectivity index (χ2v) is 8.01. The van der Waals surface area contributed by atoms with E-state index in [0.29, 0.717) is 26.9 Å². The molecule has 0 radical (unpaired) electrons. The lowest BCUT2D eigenvalue weighted by molar-refractivity contribution is -0.254. The molecule has 1 N–H and O–H groups in total. The van der Waals surface area contributed by atoms with Crippen molar-refractivity contribution in [3.05, 3.63) is 70.1 Å². The van der Waals surface area contributed by atoms with E-state index in [1.54, 1.807) is 53.9 Å². The van der Waals surface area contributed by atoms with Crippen LogP contribution < -0.4 is 5.01 Å². The highest BCUT2D eigenvalue weighted by Crippen LogP contribution is 2.45. The Morgan fingerprint density at radius 3 is 2.31 bits per heavy atom. The van der Waals surface area contributed by atoms with E-state index in [1.807, 2.05) is 6.92 Å². The Hall–Kier alpha value is -2.42. The molecular formula is C20H15ClF3N3OS. The molecular weight excluding hydrogens is 423 g/mol. The molecule has 1 aliphatic heterocycles. The van der Waals surface area contributed by atoms with Crippen molar-refractivity contribution in [1.82, 2.24) is 4.98 Å². The van der Waals surface area contributed by atoms with Crippen LogP contribution >= 0.6 is 22.9 Å². The number of aliphatic hydroxyl groups is 1. The van der Waals surface area contributed by atoms with E-state index in [1.165, 1.54) is 0 Å². The standard InChI is InChI=1S/C20H15ClF3N3OS/c1-12-2-4-13(5-3-12)16-10-19(28,20(22,23)24)27(26-16)18-25-17(11-29-18)14-6-8-15(21)9-7-14/h2-9,11,28H,10H2,1H3/t19-/m1/s1. The summed E-state index contributed by atoms with van der Waals surface area (Å²) in [5.41, 5.74) is -0.340. The second kappa shape index (κ2) is 7.12. The van der Waals surface area contributed by atoms with Crippen molar-refractivity contribution in [2.45, 2.75) is 25.2 Å². The summed E-state index contributed by atoms with van der Waals surface area (Å²) in [6.45, 7) is 1.88. The highest BCUT2D eigenvalue weighted by atomic mass is 35.5. The molecule has 0 bridgehead atoms. The fraction of sp³-hybridized carbons (Fsp3) is 0.200. The van der Waals surface area contributed by atoms with Crippen molar-refractivity contribution in [3.8, 4) is 11.3 Å². The van der Waals surface area contributed by atoms with Crippen molar-refractivity contribution < 1.29 is 18.3 Å². The molecule has 9 heteroatoms. The van der Waals surface area contributed by atoms with Crippen LogP contribution in [0.3, 0.4) is 0 Å². The smallest absolute Gasteiger partial charge is 0.362 e. The van der Waals surface area contributed by atoms with Gasteiger partial charge in [0.2, 0.25) is 5.13 Å². The highest BCUT2D eigenvalue weighted by molar-refractivity contribution is 7.14. The number of alkyl halides is 3. The van der Waals surface area contributed by atoms with Crippen LogP contribution in [0.1, 0.15) is 17.5 Å². The average Bonchev–Trinajstić information content (AvgIpc) is 3.28. The molecule has 0 spiro atoms. The number of halogens is 4. The Kier molecular flexibility index (Phi) is 4.88. The van der Waals surface area contributed by atoms with Gasteiger partial charge in [-0.05, 0) is 24.6 Å². The Labute approximate surface area is 173 Å². The van der Waals surface area contributed by atoms with Gasteiger partial charge in [-0.1, -0.05) is 53.6 Å². The Morgan fingerprint density at radius 2 is 1.69 bits per heavy atom. The fourth-order valence-corrected chi connectivity index (χ4v) is 3.96. The monoisotopic (exact) mass is 437 g/mol. The van der Waals surface area contributed by atoms with E-state index in [0.717, 1.165) is 16.9 Å². The third-order valence-corrected chi connectivity index (χ3v) is 5.71. The molecule has 0 aliphatic carbocycles. The van der Waals surface area contributed by atoms with Gasteiger partial charge in [0.25, 0.3) is 5.72 Å². The van der Waals surface area contributed by atoms with Gasteiger partial charge in [0.1, 0.15) is 0 Å². The summed E-state index contributed by atoms with van der Waals surface area (Å²) in [6, 6.07) is 13.7. The van der Waals surface area contributed by atoms with Crippen molar-refractivity contribution >= 4 is 33.8 Å². The summed E-state index contributed by atoms with van der Waals surface area (Å²) < 4.78 is 41.4. The van der Waals surface area contributed by atoms with Gasteiger partial charge in [-0.2, -0.15) is 23.3 Å². The summed E-state index contributed by atoms with van der Waals surface area (Å²) >= 11 is 6.86. The maximum atomic E-state index is 13.8. The minimum absolute atomic E-state index is 0.0445. The number of hydrogen-bond acceptors (Lipinski definition) is 5. The second-order valence-electron chi connectivity index (χ2n) is 6.74. The van der Waals surface area contributed by atoms with Crippen LogP contribution in [0.25, 0.3) is 11.3 Å². The van der Waals surface area contributed by atoms with Gasteiger partial charge in [-0.15, -0.1) is 11.3 Å². The quantitative estimate of drug-likeness (QED) is 0.577. The molecule has 0 fully saturated rings. The Bertz CT molecular complexity index is 1060. The summed E-state index contributed by atoms with van der Waals surface area (Å²) in [6.07, 6.45) is -5.61. The number of thiazole rings is 1. The van der Waals surface area contributed by atoms with Gasteiger partial charge < -0.3 is 5.11 Å². The first-order chi connectivity index (χ1) is 13.7. The predicted molar refractivity (Wildman–Crippen MR) is 108 cm³/mol. The number of aromatic nitrogens is 1. The fourth-order valence-electron chi connectivity index (χ4n) is 2.99. The Morgan fingerprint density at radius 1 is 1.07 bits per heavy atom. The summed E-state index contributed by atoms with van der Waals surface area (Å²) in [5.74, 6) is 0. The SMILES string of the molecule is Cc1ccc(C2=NN(c3nc(-c4ccc(Cl)cc4)cs3)[C@](O)(C(F)(F)F)C2)cc1. The zero-order valence-corrected chi connectivity index (χ0v) is 16.7. The third-order valence-electron chi connectivity index (χ3n) is 4.64.